The van der Waals surface area contributed by atoms with Crippen LogP contribution in [-0.4, -0.2) is 34.6 Å². The number of para-hydroxylation sites is 1. The fraction of sp³-hybridized carbons (Fsp3) is 0.0870. The number of rotatable bonds is 7. The molecule has 5 aromatic rings. The highest BCUT2D eigenvalue weighted by molar-refractivity contribution is 7.98. The van der Waals surface area contributed by atoms with E-state index >= 15 is 0 Å². The van der Waals surface area contributed by atoms with E-state index in [4.69, 9.17) is 11.6 Å². The average Bonchev–Trinajstić information content (AvgIpc) is 3.42. The van der Waals surface area contributed by atoms with E-state index in [1.54, 1.807) is 30.3 Å². The summed E-state index contributed by atoms with van der Waals surface area (Å²) in [5.74, 6) is 0.736. The molecule has 0 aliphatic heterocycles. The number of aromatic nitrogens is 7. The van der Waals surface area contributed by atoms with E-state index in [0.29, 0.717) is 27.4 Å². The van der Waals surface area contributed by atoms with Crippen molar-refractivity contribution in [3.63, 3.8) is 0 Å². The van der Waals surface area contributed by atoms with Crippen LogP contribution in [0.4, 0.5) is 4.39 Å². The second kappa shape index (κ2) is 9.62. The molecule has 34 heavy (non-hydrogen) atoms. The summed E-state index contributed by atoms with van der Waals surface area (Å²) in [5.41, 5.74) is 1.80. The Kier molecular flexibility index (Phi) is 6.24. The van der Waals surface area contributed by atoms with Gasteiger partial charge in [-0.3, -0.25) is 4.57 Å². The zero-order valence-corrected chi connectivity index (χ0v) is 19.2. The first-order chi connectivity index (χ1) is 16.6. The molecule has 170 valence electrons. The van der Waals surface area contributed by atoms with Gasteiger partial charge in [0.25, 0.3) is 0 Å². The quantitative estimate of drug-likeness (QED) is 0.317. The van der Waals surface area contributed by atoms with Gasteiger partial charge in [0.1, 0.15) is 12.4 Å². The zero-order chi connectivity index (χ0) is 23.5. The maximum Gasteiger partial charge on any atom is 0.368 e. The third-order valence-corrected chi connectivity index (χ3v) is 6.23. The van der Waals surface area contributed by atoms with Gasteiger partial charge < -0.3 is 0 Å². The minimum Gasteiger partial charge on any atom is -0.272 e. The Hall–Kier alpha value is -3.76. The summed E-state index contributed by atoms with van der Waals surface area (Å²) in [6.07, 6.45) is 0. The maximum atomic E-state index is 13.6. The molecule has 5 rings (SSSR count). The van der Waals surface area contributed by atoms with Crippen LogP contribution in [0.2, 0.25) is 5.02 Å². The molecule has 8 nitrogen and oxygen atoms in total. The number of benzene rings is 3. The largest absolute Gasteiger partial charge is 0.368 e. The summed E-state index contributed by atoms with van der Waals surface area (Å²) < 4.78 is 17.8. The molecule has 0 unspecified atom stereocenters. The van der Waals surface area contributed by atoms with Crippen LogP contribution in [0.5, 0.6) is 0 Å². The van der Waals surface area contributed by atoms with Crippen molar-refractivity contribution in [3.05, 3.63) is 112 Å². The highest BCUT2D eigenvalue weighted by atomic mass is 35.5. The average molecular weight is 494 g/mol. The van der Waals surface area contributed by atoms with Crippen LogP contribution in [0.1, 0.15) is 11.4 Å². The molecule has 2 aromatic heterocycles. The second-order valence-corrected chi connectivity index (χ2v) is 8.67. The maximum absolute atomic E-state index is 13.6. The van der Waals surface area contributed by atoms with Gasteiger partial charge in [0.15, 0.2) is 11.0 Å². The van der Waals surface area contributed by atoms with Gasteiger partial charge in [-0.2, -0.15) is 9.36 Å². The first kappa shape index (κ1) is 22.1. The number of nitrogens with zero attached hydrogens (tertiary/aromatic N) is 7. The predicted molar refractivity (Wildman–Crippen MR) is 127 cm³/mol. The van der Waals surface area contributed by atoms with Crippen molar-refractivity contribution in [2.45, 2.75) is 17.5 Å². The first-order valence-corrected chi connectivity index (χ1v) is 11.6. The molecule has 0 aliphatic carbocycles. The Labute approximate surface area is 202 Å². The lowest BCUT2D eigenvalue weighted by molar-refractivity contribution is 0.598. The van der Waals surface area contributed by atoms with Crippen LogP contribution in [0.25, 0.3) is 11.4 Å². The Morgan fingerprint density at radius 1 is 0.882 bits per heavy atom. The topological polar surface area (TPSA) is 83.4 Å². The molecule has 0 N–H and O–H groups in total. The lowest BCUT2D eigenvalue weighted by atomic mass is 10.2. The van der Waals surface area contributed by atoms with E-state index in [1.807, 2.05) is 41.0 Å². The highest BCUT2D eigenvalue weighted by Gasteiger charge is 2.18. The second-order valence-electron chi connectivity index (χ2n) is 7.30. The van der Waals surface area contributed by atoms with E-state index in [-0.39, 0.29) is 12.4 Å². The molecule has 0 amide bonds. The summed E-state index contributed by atoms with van der Waals surface area (Å²) in [7, 11) is 0. The van der Waals surface area contributed by atoms with Gasteiger partial charge in [-0.25, -0.2) is 9.18 Å². The van der Waals surface area contributed by atoms with Gasteiger partial charge in [0.2, 0.25) is 0 Å². The summed E-state index contributed by atoms with van der Waals surface area (Å²) in [6.45, 7) is 0.0643. The van der Waals surface area contributed by atoms with Gasteiger partial charge in [-0.1, -0.05) is 53.7 Å². The smallest absolute Gasteiger partial charge is 0.272 e. The Balaban J connectivity index is 1.46. The van der Waals surface area contributed by atoms with Crippen molar-refractivity contribution in [1.82, 2.24) is 34.6 Å². The lowest BCUT2D eigenvalue weighted by Crippen LogP contribution is -2.25. The van der Waals surface area contributed by atoms with Crippen molar-refractivity contribution in [1.29, 1.82) is 0 Å². The van der Waals surface area contributed by atoms with Gasteiger partial charge in [-0.05, 0) is 64.5 Å². The standard InChI is InChI=1S/C23H17ClFN7OS/c24-17-9-11-20(12-10-17)32-23(33)30(28-29-32)14-21-26-27-22(31(21)19-7-2-1-3-8-19)34-15-16-5-4-6-18(25)13-16/h1-13H,14-15H2. The number of hydrogen-bond donors (Lipinski definition) is 0. The van der Waals surface area contributed by atoms with E-state index in [9.17, 15) is 9.18 Å². The normalized spacial score (nSPS) is 11.1. The van der Waals surface area contributed by atoms with Crippen molar-refractivity contribution in [3.8, 4) is 11.4 Å². The third-order valence-electron chi connectivity index (χ3n) is 4.97. The van der Waals surface area contributed by atoms with Crippen molar-refractivity contribution >= 4 is 23.4 Å². The van der Waals surface area contributed by atoms with Gasteiger partial charge in [-0.15, -0.1) is 10.2 Å². The molecule has 0 fully saturated rings. The number of halogens is 2. The van der Waals surface area contributed by atoms with Crippen LogP contribution < -0.4 is 5.69 Å². The Bertz CT molecular complexity index is 1480. The molecular formula is C23H17ClFN7OS. The fourth-order valence-corrected chi connectivity index (χ4v) is 4.40. The molecule has 3 aromatic carbocycles. The van der Waals surface area contributed by atoms with E-state index in [2.05, 4.69) is 20.6 Å². The summed E-state index contributed by atoms with van der Waals surface area (Å²) in [5, 5.41) is 17.8. The molecule has 2 heterocycles. The molecular weight excluding hydrogens is 477 g/mol. The van der Waals surface area contributed by atoms with Crippen molar-refractivity contribution in [2.75, 3.05) is 0 Å². The molecule has 0 saturated heterocycles. The molecule has 0 radical (unpaired) electrons. The number of tetrazole rings is 1. The summed E-state index contributed by atoms with van der Waals surface area (Å²) >= 11 is 7.36. The fourth-order valence-electron chi connectivity index (χ4n) is 3.36. The predicted octanol–water partition coefficient (Wildman–Crippen LogP) is 4.14. The van der Waals surface area contributed by atoms with Crippen molar-refractivity contribution in [2.24, 2.45) is 0 Å². The Morgan fingerprint density at radius 2 is 1.68 bits per heavy atom. The van der Waals surface area contributed by atoms with Crippen LogP contribution in [0.15, 0.2) is 88.8 Å². The highest BCUT2D eigenvalue weighted by Crippen LogP contribution is 2.25. The van der Waals surface area contributed by atoms with Gasteiger partial charge >= 0.3 is 5.69 Å². The minimum absolute atomic E-state index is 0.0643. The minimum atomic E-state index is -0.418. The van der Waals surface area contributed by atoms with E-state index in [1.165, 1.54) is 33.3 Å². The molecule has 0 aliphatic rings. The van der Waals surface area contributed by atoms with Crippen LogP contribution >= 0.6 is 23.4 Å². The zero-order valence-electron chi connectivity index (χ0n) is 17.6. The first-order valence-electron chi connectivity index (χ1n) is 10.2. The molecule has 11 heteroatoms. The van der Waals surface area contributed by atoms with Crippen LogP contribution in [-0.2, 0) is 12.3 Å². The SMILES string of the molecule is O=c1n(Cc2nnc(SCc3cccc(F)c3)n2-c2ccccc2)nnn1-c1ccc(Cl)cc1. The lowest BCUT2D eigenvalue weighted by Gasteiger charge is -2.10. The van der Waals surface area contributed by atoms with Crippen LogP contribution in [0, 0.1) is 5.82 Å². The Morgan fingerprint density at radius 3 is 2.44 bits per heavy atom. The molecule has 0 spiro atoms. The van der Waals surface area contributed by atoms with Crippen molar-refractivity contribution < 1.29 is 4.39 Å². The molecule has 0 atom stereocenters. The summed E-state index contributed by atoms with van der Waals surface area (Å²) in [6, 6.07) is 22.7. The number of thioether (sulfide) groups is 1. The summed E-state index contributed by atoms with van der Waals surface area (Å²) in [4.78, 5) is 12.9. The number of hydrogen-bond acceptors (Lipinski definition) is 6. The third kappa shape index (κ3) is 4.63. The van der Waals surface area contributed by atoms with E-state index in [0.717, 1.165) is 11.3 Å². The van der Waals surface area contributed by atoms with Crippen LogP contribution in [0.3, 0.4) is 0 Å². The monoisotopic (exact) mass is 493 g/mol. The molecule has 0 bridgehead atoms. The van der Waals surface area contributed by atoms with E-state index < -0.39 is 5.69 Å². The molecule has 0 saturated carbocycles. The van der Waals surface area contributed by atoms with Gasteiger partial charge in [0.05, 0.1) is 5.69 Å². The van der Waals surface area contributed by atoms with Gasteiger partial charge in [0, 0.05) is 16.5 Å².